The molecule has 0 radical (unpaired) electrons. The number of nitrogens with zero attached hydrogens (tertiary/aromatic N) is 4. The Morgan fingerprint density at radius 1 is 0.338 bits per heavy atom. The van der Waals surface area contributed by atoms with E-state index in [-0.39, 0.29) is 0 Å². The van der Waals surface area contributed by atoms with Gasteiger partial charge in [0.05, 0.1) is 41.8 Å². The van der Waals surface area contributed by atoms with Crippen molar-refractivity contribution in [2.24, 2.45) is 14.1 Å². The molecule has 0 saturated carbocycles. The molecule has 0 spiro atoms. The molecular weight excluding hydrogens is 833 g/mol. The first kappa shape index (κ1) is 39.6. The van der Waals surface area contributed by atoms with Crippen molar-refractivity contribution >= 4 is 75.9 Å². The number of methoxy groups -OCH3 is 2. The number of hydrogen-bond acceptors (Lipinski definition) is 4. The number of imidazole rings is 2. The molecule has 0 unspecified atom stereocenters. The zero-order chi connectivity index (χ0) is 45.6. The molecule has 0 aliphatic carbocycles. The molecule has 0 amide bonds. The highest BCUT2D eigenvalue weighted by Crippen LogP contribution is 2.45. The third-order valence-corrected chi connectivity index (χ3v) is 14.1. The second-order valence-electron chi connectivity index (χ2n) is 17.7. The Balaban J connectivity index is 1.07. The van der Waals surface area contributed by atoms with E-state index in [4.69, 9.17) is 19.4 Å². The van der Waals surface area contributed by atoms with E-state index < -0.39 is 0 Å². The van der Waals surface area contributed by atoms with Crippen molar-refractivity contribution in [2.45, 2.75) is 0 Å². The van der Waals surface area contributed by atoms with Crippen LogP contribution in [0.25, 0.3) is 132 Å². The molecule has 0 bridgehead atoms. The number of hydrogen-bond donors (Lipinski definition) is 0. The van der Waals surface area contributed by atoms with E-state index in [0.717, 1.165) is 111 Å². The van der Waals surface area contributed by atoms with Crippen LogP contribution in [0.5, 0.6) is 11.5 Å². The maximum absolute atomic E-state index is 6.08. The van der Waals surface area contributed by atoms with Gasteiger partial charge in [-0.2, -0.15) is 0 Å². The van der Waals surface area contributed by atoms with E-state index in [1.165, 1.54) is 32.8 Å². The summed E-state index contributed by atoms with van der Waals surface area (Å²) < 4.78 is 16.1. The monoisotopic (exact) mass is 876 g/mol. The van der Waals surface area contributed by atoms with Gasteiger partial charge in [-0.3, -0.25) is 0 Å². The normalized spacial score (nSPS) is 11.8. The third kappa shape index (κ3) is 6.04. The molecule has 13 rings (SSSR count). The van der Waals surface area contributed by atoms with Crippen LogP contribution in [-0.4, -0.2) is 33.3 Å². The number of fused-ring (bicyclic) bond motifs is 13. The molecule has 0 aliphatic heterocycles. The van der Waals surface area contributed by atoms with E-state index in [9.17, 15) is 0 Å². The Labute approximate surface area is 392 Å². The van der Waals surface area contributed by atoms with Crippen molar-refractivity contribution < 1.29 is 9.47 Å². The molecule has 0 N–H and O–H groups in total. The van der Waals surface area contributed by atoms with Gasteiger partial charge in [0, 0.05) is 41.2 Å². The maximum atomic E-state index is 6.08. The summed E-state index contributed by atoms with van der Waals surface area (Å²) in [6.07, 6.45) is 0. The van der Waals surface area contributed by atoms with Crippen molar-refractivity contribution in [3.63, 3.8) is 0 Å². The van der Waals surface area contributed by atoms with Crippen LogP contribution in [-0.2, 0) is 14.1 Å². The lowest BCUT2D eigenvalue weighted by atomic mass is 9.92. The lowest BCUT2D eigenvalue weighted by Crippen LogP contribution is -1.97. The summed E-state index contributed by atoms with van der Waals surface area (Å²) >= 11 is 0. The van der Waals surface area contributed by atoms with Crippen LogP contribution in [0.15, 0.2) is 194 Å². The van der Waals surface area contributed by atoms with Crippen LogP contribution in [0.2, 0.25) is 0 Å². The molecule has 0 fully saturated rings. The minimum atomic E-state index is 0.789. The Hall–Kier alpha value is -8.74. The zero-order valence-corrected chi connectivity index (χ0v) is 38.1. The lowest BCUT2D eigenvalue weighted by molar-refractivity contribution is 0.415. The van der Waals surface area contributed by atoms with Gasteiger partial charge in [0.15, 0.2) is 0 Å². The number of ether oxygens (including phenoxy) is 2. The minimum absolute atomic E-state index is 0.789. The SMILES string of the molecule is COc1ccc(-c2nc3c4cc(-c5ccc6c7ccc(-c8ccccc8)cc7c7c(nc(-c8c(OC)ccc9ccccc89)n7C)c6c5)ccc4c4ccc(-c5ccccc5)cc4c3n2C)cc1. The molecule has 13 aromatic rings. The van der Waals surface area contributed by atoms with E-state index in [1.807, 2.05) is 12.1 Å². The van der Waals surface area contributed by atoms with Gasteiger partial charge in [-0.15, -0.1) is 0 Å². The van der Waals surface area contributed by atoms with Crippen molar-refractivity contribution in [2.75, 3.05) is 14.2 Å². The summed E-state index contributed by atoms with van der Waals surface area (Å²) in [5, 5.41) is 11.4. The summed E-state index contributed by atoms with van der Waals surface area (Å²) in [6, 6.07) is 69.6. The van der Waals surface area contributed by atoms with Gasteiger partial charge < -0.3 is 18.6 Å². The average molecular weight is 877 g/mol. The van der Waals surface area contributed by atoms with Crippen LogP contribution in [0.4, 0.5) is 0 Å². The predicted molar refractivity (Wildman–Crippen MR) is 283 cm³/mol. The lowest BCUT2D eigenvalue weighted by Gasteiger charge is -2.14. The van der Waals surface area contributed by atoms with Crippen molar-refractivity contribution in [1.29, 1.82) is 0 Å². The molecular formula is C62H44N4O2. The third-order valence-electron chi connectivity index (χ3n) is 14.1. The highest BCUT2D eigenvalue weighted by atomic mass is 16.5. The summed E-state index contributed by atoms with van der Waals surface area (Å²) in [6.45, 7) is 0. The number of benzene rings is 11. The van der Waals surface area contributed by atoms with Gasteiger partial charge in [0.2, 0.25) is 0 Å². The molecule has 68 heavy (non-hydrogen) atoms. The molecule has 324 valence electrons. The van der Waals surface area contributed by atoms with Crippen LogP contribution in [0, 0.1) is 0 Å². The summed E-state index contributed by atoms with van der Waals surface area (Å²) in [5.74, 6) is 3.36. The van der Waals surface area contributed by atoms with E-state index in [2.05, 4.69) is 205 Å². The smallest absolute Gasteiger partial charge is 0.145 e. The fraction of sp³-hybridized carbons (Fsp3) is 0.0645. The minimum Gasteiger partial charge on any atom is -0.497 e. The Morgan fingerprint density at radius 3 is 1.31 bits per heavy atom. The fourth-order valence-corrected chi connectivity index (χ4v) is 10.7. The molecule has 0 atom stereocenters. The topological polar surface area (TPSA) is 54.1 Å². The largest absolute Gasteiger partial charge is 0.497 e. The van der Waals surface area contributed by atoms with Gasteiger partial charge >= 0.3 is 0 Å². The van der Waals surface area contributed by atoms with Gasteiger partial charge in [-0.1, -0.05) is 140 Å². The highest BCUT2D eigenvalue weighted by molar-refractivity contribution is 6.27. The van der Waals surface area contributed by atoms with Crippen LogP contribution in [0.3, 0.4) is 0 Å². The molecule has 2 aromatic heterocycles. The number of aromatic nitrogens is 4. The molecule has 2 heterocycles. The standard InChI is InChI=1S/C62H44N4O2/c1-65-59-53-35-41(37-13-7-5-8-14-37)21-30-49(53)47-28-23-43(33-51(47)57(59)63-61(65)40-19-26-45(67-3)27-20-40)44-24-29-48-50-31-22-42(38-15-9-6-10-16-38)36-54(50)60-58(52(48)34-44)64-62(66(60)2)56-46-18-12-11-17-39(46)25-32-55(56)68-4/h5-36H,1-4H3. The van der Waals surface area contributed by atoms with Gasteiger partial charge in [0.1, 0.15) is 23.1 Å². The summed E-state index contributed by atoms with van der Waals surface area (Å²) in [4.78, 5) is 11.1. The Morgan fingerprint density at radius 2 is 0.779 bits per heavy atom. The van der Waals surface area contributed by atoms with Crippen molar-refractivity contribution in [1.82, 2.24) is 19.1 Å². The molecule has 0 saturated heterocycles. The maximum Gasteiger partial charge on any atom is 0.145 e. The Kier molecular flexibility index (Phi) is 8.99. The number of rotatable bonds is 7. The van der Waals surface area contributed by atoms with E-state index in [1.54, 1.807) is 14.2 Å². The van der Waals surface area contributed by atoms with Crippen LogP contribution >= 0.6 is 0 Å². The van der Waals surface area contributed by atoms with Crippen LogP contribution < -0.4 is 9.47 Å². The average Bonchev–Trinajstić information content (AvgIpc) is 3.94. The second-order valence-corrected chi connectivity index (χ2v) is 17.7. The van der Waals surface area contributed by atoms with Crippen molar-refractivity contribution in [3.8, 4) is 67.7 Å². The van der Waals surface area contributed by atoms with Crippen LogP contribution in [0.1, 0.15) is 0 Å². The zero-order valence-electron chi connectivity index (χ0n) is 38.1. The summed E-state index contributed by atoms with van der Waals surface area (Å²) in [5.41, 5.74) is 13.0. The molecule has 0 aliphatic rings. The first-order chi connectivity index (χ1) is 33.4. The quantitative estimate of drug-likeness (QED) is 0.150. The summed E-state index contributed by atoms with van der Waals surface area (Å²) in [7, 11) is 7.72. The van der Waals surface area contributed by atoms with E-state index in [0.29, 0.717) is 0 Å². The van der Waals surface area contributed by atoms with E-state index >= 15 is 0 Å². The second kappa shape index (κ2) is 15.4. The van der Waals surface area contributed by atoms with Gasteiger partial charge in [0.25, 0.3) is 0 Å². The van der Waals surface area contributed by atoms with Crippen molar-refractivity contribution in [3.05, 3.63) is 194 Å². The first-order valence-electron chi connectivity index (χ1n) is 23.0. The predicted octanol–water partition coefficient (Wildman–Crippen LogP) is 15.6. The molecule has 11 aromatic carbocycles. The van der Waals surface area contributed by atoms with Gasteiger partial charge in [-0.05, 0) is 120 Å². The highest BCUT2D eigenvalue weighted by Gasteiger charge is 2.23. The first-order valence-corrected chi connectivity index (χ1v) is 23.0. The Bertz CT molecular complexity index is 4170. The fourth-order valence-electron chi connectivity index (χ4n) is 10.7. The molecule has 6 nitrogen and oxygen atoms in total. The number of aryl methyl sites for hydroxylation is 2. The van der Waals surface area contributed by atoms with Gasteiger partial charge in [-0.25, -0.2) is 9.97 Å². The molecule has 6 heteroatoms.